The molecule has 4 heteroatoms. The molecule has 56 valence electrons. The first-order valence-electron chi connectivity index (χ1n) is 2.65. The third kappa shape index (κ3) is 11.5. The van der Waals surface area contributed by atoms with Crippen molar-refractivity contribution in [1.82, 2.24) is 0 Å². The van der Waals surface area contributed by atoms with Crippen LogP contribution in [0.5, 0.6) is 0 Å². The van der Waals surface area contributed by atoms with Crippen molar-refractivity contribution in [2.45, 2.75) is 4.30 Å². The summed E-state index contributed by atoms with van der Waals surface area (Å²) in [5.74, 6) is 0. The molecule has 0 saturated heterocycles. The van der Waals surface area contributed by atoms with Gasteiger partial charge in [0.2, 0.25) is 0 Å². The van der Waals surface area contributed by atoms with E-state index < -0.39 is 4.30 Å². The Morgan fingerprint density at radius 3 is 1.70 bits per heavy atom. The fourth-order valence-corrected chi connectivity index (χ4v) is 1.73. The number of rotatable bonds is 0. The first-order valence-corrected chi connectivity index (χ1v) is 6.76. The van der Waals surface area contributed by atoms with Gasteiger partial charge in [0.15, 0.2) is 4.30 Å². The SMILES string of the molecule is C1=C[CH]=[GeH][CH]=C1.ClC(Cl)Cl. The van der Waals surface area contributed by atoms with Gasteiger partial charge in [-0.25, -0.2) is 0 Å². The summed E-state index contributed by atoms with van der Waals surface area (Å²) in [7, 11) is 0. The second kappa shape index (κ2) is 7.87. The normalized spacial score (nSPS) is 13.2. The van der Waals surface area contributed by atoms with E-state index in [2.05, 4.69) is 28.0 Å². The van der Waals surface area contributed by atoms with Gasteiger partial charge in [-0.2, -0.15) is 0 Å². The summed E-state index contributed by atoms with van der Waals surface area (Å²) in [6.45, 7) is 0. The number of hydrogen-bond acceptors (Lipinski definition) is 0. The number of hydrogen-bond donors (Lipinski definition) is 0. The van der Waals surface area contributed by atoms with Crippen LogP contribution in [0.3, 0.4) is 0 Å². The van der Waals surface area contributed by atoms with Gasteiger partial charge in [0.1, 0.15) is 0 Å². The van der Waals surface area contributed by atoms with E-state index >= 15 is 0 Å². The molecule has 10 heavy (non-hydrogen) atoms. The van der Waals surface area contributed by atoms with Gasteiger partial charge >= 0.3 is 43.0 Å². The standard InChI is InChI=1S/C5H6Ge.CHCl3/c1-2-4-6-5-3-1;2-1(3)4/h1-6H;1H. The Labute approximate surface area is 81.9 Å². The van der Waals surface area contributed by atoms with Gasteiger partial charge in [0.05, 0.1) is 0 Å². The summed E-state index contributed by atoms with van der Waals surface area (Å²) in [6, 6.07) is 0. The molecule has 0 aromatic heterocycles. The monoisotopic (exact) mass is 258 g/mol. The van der Waals surface area contributed by atoms with Crippen molar-refractivity contribution in [3.8, 4) is 0 Å². The molecule has 0 nitrogen and oxygen atoms in total. The Morgan fingerprint density at radius 2 is 1.60 bits per heavy atom. The Hall–Kier alpha value is 0.763. The third-order valence-corrected chi connectivity index (χ3v) is 2.53. The molecule has 0 spiro atoms. The molecular formula is C6H7Cl3Ge. The van der Waals surface area contributed by atoms with Crippen molar-refractivity contribution in [1.29, 1.82) is 0 Å². The van der Waals surface area contributed by atoms with Gasteiger partial charge in [-0.1, -0.05) is 34.8 Å². The number of alkyl halides is 3. The van der Waals surface area contributed by atoms with Crippen molar-refractivity contribution >= 4 is 54.6 Å². The smallest absolute Gasteiger partial charge is 0.0874 e. The van der Waals surface area contributed by atoms with E-state index in [0.29, 0.717) is 0 Å². The maximum atomic E-state index is 4.81. The van der Waals surface area contributed by atoms with Gasteiger partial charge in [-0.15, -0.1) is 0 Å². The van der Waals surface area contributed by atoms with Crippen molar-refractivity contribution in [3.05, 3.63) is 23.1 Å². The second-order valence-electron chi connectivity index (χ2n) is 1.40. The quantitative estimate of drug-likeness (QED) is 0.462. The summed E-state index contributed by atoms with van der Waals surface area (Å²) in [6.07, 6.45) is 6.32. The Kier molecular flexibility index (Phi) is 8.47. The fraction of sp³-hybridized carbons (Fsp3) is 0.167. The van der Waals surface area contributed by atoms with E-state index in [1.54, 1.807) is 0 Å². The van der Waals surface area contributed by atoms with E-state index in [1.807, 2.05) is 0 Å². The van der Waals surface area contributed by atoms with E-state index in [1.165, 1.54) is 0 Å². The molecule has 1 rings (SSSR count). The minimum Gasteiger partial charge on any atom is -0.0874 e. The van der Waals surface area contributed by atoms with Gasteiger partial charge in [-0.3, -0.25) is 0 Å². The molecule has 0 radical (unpaired) electrons. The predicted molar refractivity (Wildman–Crippen MR) is 52.8 cm³/mol. The minimum absolute atomic E-state index is 0.00781. The van der Waals surface area contributed by atoms with Crippen molar-refractivity contribution in [3.63, 3.8) is 0 Å². The summed E-state index contributed by atoms with van der Waals surface area (Å²) in [4.78, 5) is 4.56. The molecule has 0 aromatic carbocycles. The summed E-state index contributed by atoms with van der Waals surface area (Å²) >= 11 is 14.4. The Balaban J connectivity index is 0.000000180. The Morgan fingerprint density at radius 1 is 1.00 bits per heavy atom. The summed E-state index contributed by atoms with van der Waals surface area (Å²) < 4.78 is -0.750. The van der Waals surface area contributed by atoms with Crippen molar-refractivity contribution in [2.24, 2.45) is 0 Å². The molecule has 1 heterocycles. The summed E-state index contributed by atoms with van der Waals surface area (Å²) in [5.41, 5.74) is 0. The average molecular weight is 258 g/mol. The zero-order chi connectivity index (χ0) is 7.82. The predicted octanol–water partition coefficient (Wildman–Crippen LogP) is 2.29. The summed E-state index contributed by atoms with van der Waals surface area (Å²) in [5, 5.41) is 0. The van der Waals surface area contributed by atoms with Crippen molar-refractivity contribution < 1.29 is 0 Å². The fourth-order valence-electron chi connectivity index (χ4n) is 0.385. The molecule has 1 aliphatic heterocycles. The van der Waals surface area contributed by atoms with Crippen LogP contribution in [0.4, 0.5) is 0 Å². The maximum Gasteiger partial charge on any atom is 0.180 e. The zero-order valence-electron chi connectivity index (χ0n) is 5.18. The van der Waals surface area contributed by atoms with Gasteiger partial charge in [-0.05, 0) is 0 Å². The zero-order valence-corrected chi connectivity index (χ0v) is 9.87. The first-order chi connectivity index (χ1) is 4.73. The molecule has 0 saturated carbocycles. The molecular weight excluding hydrogens is 251 g/mol. The topological polar surface area (TPSA) is 0 Å². The molecule has 0 aliphatic carbocycles. The van der Waals surface area contributed by atoms with E-state index in [0.717, 1.165) is 0 Å². The molecule has 0 bridgehead atoms. The van der Waals surface area contributed by atoms with Crippen LogP contribution in [-0.4, -0.2) is 24.1 Å². The molecule has 0 aromatic rings. The van der Waals surface area contributed by atoms with Gasteiger partial charge in [0.25, 0.3) is 0 Å². The number of allylic oxidation sites excluding steroid dienone is 3. The van der Waals surface area contributed by atoms with Crippen LogP contribution in [0.15, 0.2) is 23.1 Å². The molecule has 0 unspecified atom stereocenters. The van der Waals surface area contributed by atoms with Crippen LogP contribution in [-0.2, 0) is 0 Å². The molecule has 0 fully saturated rings. The largest absolute Gasteiger partial charge is 0.180 e. The molecule has 0 atom stereocenters. The van der Waals surface area contributed by atoms with Crippen LogP contribution in [0.25, 0.3) is 0 Å². The molecule has 0 N–H and O–H groups in total. The van der Waals surface area contributed by atoms with E-state index in [-0.39, 0.29) is 15.0 Å². The van der Waals surface area contributed by atoms with Gasteiger partial charge in [0, 0.05) is 0 Å². The van der Waals surface area contributed by atoms with Crippen LogP contribution in [0.1, 0.15) is 0 Å². The molecule has 1 aliphatic rings. The number of halogens is 3. The first kappa shape index (κ1) is 10.8. The third-order valence-electron chi connectivity index (χ3n) is 0.667. The Bertz CT molecular complexity index is 111. The molecule has 0 amide bonds. The minimum atomic E-state index is -0.750. The maximum absolute atomic E-state index is 4.81. The van der Waals surface area contributed by atoms with Crippen LogP contribution >= 0.6 is 34.8 Å². The average Bonchev–Trinajstić information content (AvgIpc) is 1.90. The van der Waals surface area contributed by atoms with Crippen molar-refractivity contribution in [2.75, 3.05) is 0 Å². The van der Waals surface area contributed by atoms with Crippen LogP contribution < -0.4 is 0 Å². The van der Waals surface area contributed by atoms with E-state index in [9.17, 15) is 0 Å². The van der Waals surface area contributed by atoms with Crippen LogP contribution in [0, 0.1) is 0 Å². The van der Waals surface area contributed by atoms with E-state index in [4.69, 9.17) is 34.8 Å². The second-order valence-corrected chi connectivity index (χ2v) is 5.80. The van der Waals surface area contributed by atoms with Crippen LogP contribution in [0.2, 0.25) is 0 Å². The van der Waals surface area contributed by atoms with Gasteiger partial charge < -0.3 is 0 Å².